The maximum atomic E-state index is 12.2. The molecule has 0 bridgehead atoms. The standard InChI is InChI=1S/C17H26N2O3.ClH/c1-5-6-17(3,18)16(20)19-10-13-9-15-12(7-11(2)22-15)8-14(13)21-4;/h8-9,11H,5-7,10,18H2,1-4H3,(H,19,20);1H. The zero-order valence-electron chi connectivity index (χ0n) is 14.3. The van der Waals surface area contributed by atoms with Crippen molar-refractivity contribution in [2.45, 2.75) is 58.2 Å². The number of benzene rings is 1. The molecular weight excluding hydrogens is 316 g/mol. The lowest BCUT2D eigenvalue weighted by Gasteiger charge is -2.23. The first-order valence-corrected chi connectivity index (χ1v) is 7.81. The van der Waals surface area contributed by atoms with Crippen LogP contribution in [0.4, 0.5) is 0 Å². The van der Waals surface area contributed by atoms with Crippen molar-refractivity contribution in [2.75, 3.05) is 7.11 Å². The number of fused-ring (bicyclic) bond motifs is 1. The SMILES string of the molecule is CCCC(C)(N)C(=O)NCc1cc2c(cc1OC)CC(C)O2.Cl. The second-order valence-corrected chi connectivity index (χ2v) is 6.25. The first-order chi connectivity index (χ1) is 10.4. The van der Waals surface area contributed by atoms with E-state index in [4.69, 9.17) is 15.2 Å². The van der Waals surface area contributed by atoms with E-state index in [9.17, 15) is 4.79 Å². The van der Waals surface area contributed by atoms with Gasteiger partial charge in [0.2, 0.25) is 5.91 Å². The van der Waals surface area contributed by atoms with Crippen LogP contribution < -0.4 is 20.5 Å². The van der Waals surface area contributed by atoms with E-state index >= 15 is 0 Å². The molecular formula is C17H27ClN2O3. The van der Waals surface area contributed by atoms with E-state index in [1.807, 2.05) is 26.0 Å². The largest absolute Gasteiger partial charge is 0.496 e. The highest BCUT2D eigenvalue weighted by Gasteiger charge is 2.27. The van der Waals surface area contributed by atoms with E-state index in [1.165, 1.54) is 0 Å². The summed E-state index contributed by atoms with van der Waals surface area (Å²) in [4.78, 5) is 12.2. The first kappa shape index (κ1) is 19.6. The van der Waals surface area contributed by atoms with Crippen LogP contribution >= 0.6 is 12.4 Å². The monoisotopic (exact) mass is 342 g/mol. The summed E-state index contributed by atoms with van der Waals surface area (Å²) in [6.07, 6.45) is 2.59. The molecule has 1 amide bonds. The Bertz CT molecular complexity index is 561. The Morgan fingerprint density at radius 3 is 2.83 bits per heavy atom. The van der Waals surface area contributed by atoms with Crippen LogP contribution in [0, 0.1) is 0 Å². The summed E-state index contributed by atoms with van der Waals surface area (Å²) in [5, 5.41) is 2.90. The molecule has 23 heavy (non-hydrogen) atoms. The molecule has 0 saturated carbocycles. The number of carbonyl (C=O) groups excluding carboxylic acids is 1. The summed E-state index contributed by atoms with van der Waals surface area (Å²) in [6, 6.07) is 3.94. The lowest BCUT2D eigenvalue weighted by molar-refractivity contribution is -0.126. The van der Waals surface area contributed by atoms with Gasteiger partial charge in [-0.25, -0.2) is 0 Å². The average molecular weight is 343 g/mol. The summed E-state index contributed by atoms with van der Waals surface area (Å²) in [6.45, 7) is 6.19. The van der Waals surface area contributed by atoms with Gasteiger partial charge in [-0.15, -0.1) is 12.4 Å². The fourth-order valence-corrected chi connectivity index (χ4v) is 2.82. The van der Waals surface area contributed by atoms with Crippen LogP contribution in [-0.2, 0) is 17.8 Å². The lowest BCUT2D eigenvalue weighted by atomic mass is 9.96. The molecule has 2 atom stereocenters. The Labute approximate surface area is 144 Å². The van der Waals surface area contributed by atoms with Crippen molar-refractivity contribution in [3.63, 3.8) is 0 Å². The van der Waals surface area contributed by atoms with E-state index in [0.717, 1.165) is 35.5 Å². The number of amides is 1. The predicted octanol–water partition coefficient (Wildman–Crippen LogP) is 2.57. The Morgan fingerprint density at radius 2 is 2.22 bits per heavy atom. The second kappa shape index (κ2) is 7.88. The van der Waals surface area contributed by atoms with Crippen LogP contribution in [0.1, 0.15) is 44.7 Å². The normalized spacial score (nSPS) is 18.2. The molecule has 3 N–H and O–H groups in total. The van der Waals surface area contributed by atoms with Gasteiger partial charge in [0.25, 0.3) is 0 Å². The van der Waals surface area contributed by atoms with E-state index < -0.39 is 5.54 Å². The van der Waals surface area contributed by atoms with Gasteiger partial charge in [-0.3, -0.25) is 4.79 Å². The lowest BCUT2D eigenvalue weighted by Crippen LogP contribution is -2.51. The zero-order valence-corrected chi connectivity index (χ0v) is 15.1. The number of hydrogen-bond acceptors (Lipinski definition) is 4. The molecule has 130 valence electrons. The van der Waals surface area contributed by atoms with Crippen molar-refractivity contribution in [3.05, 3.63) is 23.3 Å². The smallest absolute Gasteiger partial charge is 0.240 e. The second-order valence-electron chi connectivity index (χ2n) is 6.25. The van der Waals surface area contributed by atoms with Crippen molar-refractivity contribution in [2.24, 2.45) is 5.73 Å². The molecule has 0 saturated heterocycles. The van der Waals surface area contributed by atoms with Crippen LogP contribution in [0.2, 0.25) is 0 Å². The number of nitrogens with two attached hydrogens (primary N) is 1. The molecule has 6 heteroatoms. The Balaban J connectivity index is 0.00000264. The highest BCUT2D eigenvalue weighted by Crippen LogP contribution is 2.34. The maximum absolute atomic E-state index is 12.2. The third-order valence-corrected chi connectivity index (χ3v) is 4.03. The molecule has 1 aliphatic heterocycles. The minimum absolute atomic E-state index is 0. The van der Waals surface area contributed by atoms with E-state index in [0.29, 0.717) is 13.0 Å². The van der Waals surface area contributed by atoms with Crippen molar-refractivity contribution < 1.29 is 14.3 Å². The van der Waals surface area contributed by atoms with Gasteiger partial charge in [0.1, 0.15) is 17.6 Å². The van der Waals surface area contributed by atoms with Crippen molar-refractivity contribution in [1.82, 2.24) is 5.32 Å². The molecule has 0 aliphatic carbocycles. The zero-order chi connectivity index (χ0) is 16.3. The van der Waals surface area contributed by atoms with Gasteiger partial charge in [0.05, 0.1) is 12.6 Å². The predicted molar refractivity (Wildman–Crippen MR) is 93.4 cm³/mol. The molecule has 1 aliphatic rings. The number of methoxy groups -OCH3 is 1. The van der Waals surface area contributed by atoms with Crippen molar-refractivity contribution in [3.8, 4) is 11.5 Å². The summed E-state index contributed by atoms with van der Waals surface area (Å²) in [5.41, 5.74) is 7.25. The molecule has 0 radical (unpaired) electrons. The van der Waals surface area contributed by atoms with Crippen LogP contribution in [0.25, 0.3) is 0 Å². The topological polar surface area (TPSA) is 73.6 Å². The van der Waals surface area contributed by atoms with Gasteiger partial charge >= 0.3 is 0 Å². The highest BCUT2D eigenvalue weighted by molar-refractivity contribution is 5.85. The molecule has 2 unspecified atom stereocenters. The molecule has 2 rings (SSSR count). The molecule has 1 heterocycles. The molecule has 0 spiro atoms. The van der Waals surface area contributed by atoms with Gasteiger partial charge in [0.15, 0.2) is 0 Å². The minimum Gasteiger partial charge on any atom is -0.496 e. The first-order valence-electron chi connectivity index (χ1n) is 7.81. The van der Waals surface area contributed by atoms with Crippen LogP contribution in [0.3, 0.4) is 0 Å². The van der Waals surface area contributed by atoms with Gasteiger partial charge in [-0.05, 0) is 32.4 Å². The van der Waals surface area contributed by atoms with Crippen LogP contribution in [0.15, 0.2) is 12.1 Å². The average Bonchev–Trinajstić information content (AvgIpc) is 2.82. The minimum atomic E-state index is -0.844. The Morgan fingerprint density at radius 1 is 1.52 bits per heavy atom. The number of carbonyl (C=O) groups is 1. The van der Waals surface area contributed by atoms with E-state index in [1.54, 1.807) is 14.0 Å². The third-order valence-electron chi connectivity index (χ3n) is 4.03. The van der Waals surface area contributed by atoms with Gasteiger partial charge in [-0.1, -0.05) is 13.3 Å². The number of halogens is 1. The number of nitrogens with one attached hydrogen (secondary N) is 1. The number of ether oxygens (including phenoxy) is 2. The van der Waals surface area contributed by atoms with Gasteiger partial charge in [0, 0.05) is 24.1 Å². The number of hydrogen-bond donors (Lipinski definition) is 2. The summed E-state index contributed by atoms with van der Waals surface area (Å²) >= 11 is 0. The van der Waals surface area contributed by atoms with Crippen molar-refractivity contribution in [1.29, 1.82) is 0 Å². The van der Waals surface area contributed by atoms with Crippen LogP contribution in [0.5, 0.6) is 11.5 Å². The Hall–Kier alpha value is -1.46. The maximum Gasteiger partial charge on any atom is 0.240 e. The van der Waals surface area contributed by atoms with Crippen molar-refractivity contribution >= 4 is 18.3 Å². The van der Waals surface area contributed by atoms with Gasteiger partial charge < -0.3 is 20.5 Å². The quantitative estimate of drug-likeness (QED) is 0.833. The fraction of sp³-hybridized carbons (Fsp3) is 0.588. The summed E-state index contributed by atoms with van der Waals surface area (Å²) in [5.74, 6) is 1.50. The molecule has 1 aromatic carbocycles. The van der Waals surface area contributed by atoms with Gasteiger partial charge in [-0.2, -0.15) is 0 Å². The molecule has 5 nitrogen and oxygen atoms in total. The molecule has 0 fully saturated rings. The van der Waals surface area contributed by atoms with E-state index in [2.05, 4.69) is 5.32 Å². The third kappa shape index (κ3) is 4.52. The molecule has 1 aromatic rings. The van der Waals surface area contributed by atoms with E-state index in [-0.39, 0.29) is 24.4 Å². The summed E-state index contributed by atoms with van der Waals surface area (Å²) in [7, 11) is 1.64. The van der Waals surface area contributed by atoms with Crippen LogP contribution in [-0.4, -0.2) is 24.7 Å². The highest BCUT2D eigenvalue weighted by atomic mass is 35.5. The number of rotatable bonds is 6. The Kier molecular flexibility index (Phi) is 6.71. The fourth-order valence-electron chi connectivity index (χ4n) is 2.82. The summed E-state index contributed by atoms with van der Waals surface area (Å²) < 4.78 is 11.2. The molecule has 0 aromatic heterocycles.